The Labute approximate surface area is 118 Å². The summed E-state index contributed by atoms with van der Waals surface area (Å²) >= 11 is 1.71. The van der Waals surface area contributed by atoms with E-state index in [1.807, 2.05) is 6.07 Å². The van der Waals surface area contributed by atoms with Gasteiger partial charge >= 0.3 is 0 Å². The van der Waals surface area contributed by atoms with Crippen molar-refractivity contribution in [2.75, 3.05) is 7.11 Å². The van der Waals surface area contributed by atoms with Crippen LogP contribution in [-0.2, 0) is 17.9 Å². The van der Waals surface area contributed by atoms with Crippen molar-refractivity contribution in [2.24, 2.45) is 0 Å². The van der Waals surface area contributed by atoms with Crippen molar-refractivity contribution in [3.63, 3.8) is 0 Å². The Morgan fingerprint density at radius 1 is 1.26 bits per heavy atom. The average Bonchev–Trinajstić information content (AvgIpc) is 2.81. The van der Waals surface area contributed by atoms with Gasteiger partial charge < -0.3 is 10.1 Å². The summed E-state index contributed by atoms with van der Waals surface area (Å²) < 4.78 is 5.19. The maximum absolute atomic E-state index is 5.19. The third-order valence-corrected chi connectivity index (χ3v) is 3.84. The Kier molecular flexibility index (Phi) is 5.07. The van der Waals surface area contributed by atoms with Crippen molar-refractivity contribution in [1.29, 1.82) is 0 Å². The maximum Gasteiger partial charge on any atom is 0.119 e. The maximum atomic E-state index is 5.19. The van der Waals surface area contributed by atoms with Gasteiger partial charge in [-0.25, -0.2) is 4.98 Å². The largest absolute Gasteiger partial charge is 0.378 e. The highest BCUT2D eigenvalue weighted by Crippen LogP contribution is 2.30. The summed E-state index contributed by atoms with van der Waals surface area (Å²) in [6, 6.07) is 10.9. The molecule has 19 heavy (non-hydrogen) atoms. The van der Waals surface area contributed by atoms with Crippen LogP contribution in [0.5, 0.6) is 0 Å². The smallest absolute Gasteiger partial charge is 0.119 e. The van der Waals surface area contributed by atoms with Crippen LogP contribution < -0.4 is 5.32 Å². The number of hydrogen-bond donors (Lipinski definition) is 1. The molecule has 0 unspecified atom stereocenters. The Hall–Kier alpha value is -1.23. The first-order valence-electron chi connectivity index (χ1n) is 6.47. The molecule has 0 atom stereocenters. The Bertz CT molecular complexity index is 508. The van der Waals surface area contributed by atoms with Gasteiger partial charge in [0.1, 0.15) is 5.01 Å². The second-order valence-corrected chi connectivity index (χ2v) is 5.80. The van der Waals surface area contributed by atoms with E-state index in [0.717, 1.165) is 17.2 Å². The molecule has 0 amide bonds. The fourth-order valence-electron chi connectivity index (χ4n) is 1.82. The normalized spacial score (nSPS) is 11.2. The minimum Gasteiger partial charge on any atom is -0.378 e. The van der Waals surface area contributed by atoms with Crippen LogP contribution >= 0.6 is 11.3 Å². The molecule has 1 aromatic heterocycles. The summed E-state index contributed by atoms with van der Waals surface area (Å²) in [7, 11) is 1.70. The molecule has 1 N–H and O–H groups in total. The van der Waals surface area contributed by atoms with E-state index >= 15 is 0 Å². The first-order valence-corrected chi connectivity index (χ1v) is 7.28. The zero-order chi connectivity index (χ0) is 13.7. The van der Waals surface area contributed by atoms with Crippen LogP contribution in [0.1, 0.15) is 24.5 Å². The zero-order valence-corrected chi connectivity index (χ0v) is 12.5. The van der Waals surface area contributed by atoms with Crippen LogP contribution in [-0.4, -0.2) is 18.1 Å². The van der Waals surface area contributed by atoms with Gasteiger partial charge in [-0.15, -0.1) is 11.3 Å². The summed E-state index contributed by atoms with van der Waals surface area (Å²) in [5.74, 6) is 0. The molecule has 2 rings (SSSR count). The third-order valence-electron chi connectivity index (χ3n) is 2.72. The van der Waals surface area contributed by atoms with Crippen molar-refractivity contribution in [3.05, 3.63) is 41.0 Å². The monoisotopic (exact) mass is 276 g/mol. The number of nitrogens with zero attached hydrogens (tertiary/aromatic N) is 1. The predicted octanol–water partition coefficient (Wildman–Crippen LogP) is 3.45. The van der Waals surface area contributed by atoms with Crippen molar-refractivity contribution in [1.82, 2.24) is 10.3 Å². The number of aromatic nitrogens is 1. The van der Waals surface area contributed by atoms with E-state index in [9.17, 15) is 0 Å². The number of ether oxygens (including phenoxy) is 1. The van der Waals surface area contributed by atoms with Crippen molar-refractivity contribution in [3.8, 4) is 10.4 Å². The topological polar surface area (TPSA) is 34.1 Å². The van der Waals surface area contributed by atoms with Gasteiger partial charge in [0.25, 0.3) is 0 Å². The lowest BCUT2D eigenvalue weighted by atomic mass is 10.1. The molecule has 3 nitrogen and oxygen atoms in total. The van der Waals surface area contributed by atoms with Gasteiger partial charge in [-0.3, -0.25) is 0 Å². The molecule has 102 valence electrons. The quantitative estimate of drug-likeness (QED) is 0.877. The summed E-state index contributed by atoms with van der Waals surface area (Å²) in [6.45, 7) is 5.66. The first kappa shape index (κ1) is 14.2. The van der Waals surface area contributed by atoms with E-state index in [4.69, 9.17) is 4.74 Å². The van der Waals surface area contributed by atoms with Crippen LogP contribution in [0.3, 0.4) is 0 Å². The highest BCUT2D eigenvalue weighted by molar-refractivity contribution is 7.15. The summed E-state index contributed by atoms with van der Waals surface area (Å²) in [5.41, 5.74) is 2.33. The van der Waals surface area contributed by atoms with Crippen LogP contribution in [0.2, 0.25) is 0 Å². The van der Waals surface area contributed by atoms with E-state index in [-0.39, 0.29) is 0 Å². The summed E-state index contributed by atoms with van der Waals surface area (Å²) in [6.07, 6.45) is 0. The fourth-order valence-corrected chi connectivity index (χ4v) is 2.88. The van der Waals surface area contributed by atoms with Crippen molar-refractivity contribution in [2.45, 2.75) is 33.0 Å². The SMILES string of the molecule is COCc1nc(CNC(C)C)c(-c2ccccc2)s1. The minimum absolute atomic E-state index is 0.455. The average molecular weight is 276 g/mol. The highest BCUT2D eigenvalue weighted by Gasteiger charge is 2.12. The van der Waals surface area contributed by atoms with Crippen LogP contribution in [0.15, 0.2) is 30.3 Å². The van der Waals surface area contributed by atoms with Gasteiger partial charge in [0.05, 0.1) is 17.2 Å². The van der Waals surface area contributed by atoms with E-state index in [1.165, 1.54) is 10.4 Å². The van der Waals surface area contributed by atoms with Gasteiger partial charge in [0.2, 0.25) is 0 Å². The Balaban J connectivity index is 2.29. The molecule has 0 bridgehead atoms. The van der Waals surface area contributed by atoms with E-state index in [1.54, 1.807) is 18.4 Å². The summed E-state index contributed by atoms with van der Waals surface area (Å²) in [4.78, 5) is 5.92. The molecule has 0 aliphatic carbocycles. The number of thiazole rings is 1. The first-order chi connectivity index (χ1) is 9.20. The molecule has 0 radical (unpaired) electrons. The lowest BCUT2D eigenvalue weighted by molar-refractivity contribution is 0.184. The highest BCUT2D eigenvalue weighted by atomic mass is 32.1. The fraction of sp³-hybridized carbons (Fsp3) is 0.400. The second kappa shape index (κ2) is 6.80. The zero-order valence-electron chi connectivity index (χ0n) is 11.6. The molecule has 1 aromatic carbocycles. The molecule has 0 fully saturated rings. The summed E-state index contributed by atoms with van der Waals surface area (Å²) in [5, 5.41) is 4.46. The minimum atomic E-state index is 0.455. The van der Waals surface area contributed by atoms with Crippen LogP contribution in [0.4, 0.5) is 0 Å². The van der Waals surface area contributed by atoms with Crippen LogP contribution in [0.25, 0.3) is 10.4 Å². The Morgan fingerprint density at radius 3 is 2.63 bits per heavy atom. The van der Waals surface area contributed by atoms with Crippen molar-refractivity contribution < 1.29 is 4.74 Å². The molecule has 4 heteroatoms. The molecule has 0 saturated carbocycles. The lowest BCUT2D eigenvalue weighted by Crippen LogP contribution is -2.22. The molecular formula is C15H20N2OS. The van der Waals surface area contributed by atoms with Crippen molar-refractivity contribution >= 4 is 11.3 Å². The van der Waals surface area contributed by atoms with Gasteiger partial charge in [0.15, 0.2) is 0 Å². The molecule has 1 heterocycles. The molecule has 0 aliphatic heterocycles. The number of methoxy groups -OCH3 is 1. The molecule has 0 aliphatic rings. The predicted molar refractivity (Wildman–Crippen MR) is 80.2 cm³/mol. The second-order valence-electron chi connectivity index (χ2n) is 4.72. The van der Waals surface area contributed by atoms with E-state index < -0.39 is 0 Å². The Morgan fingerprint density at radius 2 is 2.00 bits per heavy atom. The standard InChI is InChI=1S/C15H20N2OS/c1-11(2)16-9-13-15(12-7-5-4-6-8-12)19-14(17-13)10-18-3/h4-8,11,16H,9-10H2,1-3H3. The number of nitrogens with one attached hydrogen (secondary N) is 1. The van der Waals surface area contributed by atoms with E-state index in [0.29, 0.717) is 12.6 Å². The molecule has 0 spiro atoms. The number of rotatable bonds is 6. The lowest BCUT2D eigenvalue weighted by Gasteiger charge is -2.07. The molecule has 0 saturated heterocycles. The van der Waals surface area contributed by atoms with E-state index in [2.05, 4.69) is 48.4 Å². The third kappa shape index (κ3) is 3.86. The van der Waals surface area contributed by atoms with Gasteiger partial charge in [0, 0.05) is 19.7 Å². The van der Waals surface area contributed by atoms with Gasteiger partial charge in [-0.2, -0.15) is 0 Å². The van der Waals surface area contributed by atoms with Gasteiger partial charge in [-0.1, -0.05) is 44.2 Å². The molecule has 2 aromatic rings. The molecular weight excluding hydrogens is 256 g/mol. The number of benzene rings is 1. The van der Waals surface area contributed by atoms with Gasteiger partial charge in [-0.05, 0) is 5.56 Å². The number of hydrogen-bond acceptors (Lipinski definition) is 4. The van der Waals surface area contributed by atoms with Crippen LogP contribution in [0, 0.1) is 0 Å².